The Bertz CT molecular complexity index is 115. The lowest BCUT2D eigenvalue weighted by atomic mass is 9.83. The van der Waals surface area contributed by atoms with Crippen LogP contribution in [0.25, 0.3) is 0 Å². The Labute approximate surface area is 76.3 Å². The molecule has 0 bridgehead atoms. The zero-order valence-corrected chi connectivity index (χ0v) is 9.18. The summed E-state index contributed by atoms with van der Waals surface area (Å²) in [7, 11) is 3.38. The van der Waals surface area contributed by atoms with E-state index in [-0.39, 0.29) is 11.7 Å². The lowest BCUT2D eigenvalue weighted by Gasteiger charge is -2.33. The molecule has 0 radical (unpaired) electrons. The van der Waals surface area contributed by atoms with Crippen LogP contribution < -0.4 is 0 Å². The summed E-state index contributed by atoms with van der Waals surface area (Å²) in [6, 6.07) is 0. The maximum atomic E-state index is 5.24. The summed E-state index contributed by atoms with van der Waals surface area (Å²) < 4.78 is 10.5. The molecule has 0 aliphatic carbocycles. The first-order valence-electron chi connectivity index (χ1n) is 4.49. The Kier molecular flexibility index (Phi) is 4.80. The van der Waals surface area contributed by atoms with E-state index in [0.29, 0.717) is 5.92 Å². The molecular weight excluding hydrogens is 152 g/mol. The molecule has 0 aliphatic heterocycles. The highest BCUT2D eigenvalue weighted by molar-refractivity contribution is 4.73. The van der Waals surface area contributed by atoms with Crippen LogP contribution in [0.3, 0.4) is 0 Å². The van der Waals surface area contributed by atoms with Gasteiger partial charge >= 0.3 is 0 Å². The third-order valence-electron chi connectivity index (χ3n) is 2.00. The lowest BCUT2D eigenvalue weighted by Crippen LogP contribution is -2.33. The summed E-state index contributed by atoms with van der Waals surface area (Å²) in [4.78, 5) is 0. The van der Waals surface area contributed by atoms with Crippen molar-refractivity contribution in [3.8, 4) is 0 Å². The molecule has 0 amide bonds. The first-order valence-corrected chi connectivity index (χ1v) is 4.49. The number of rotatable bonds is 5. The smallest absolute Gasteiger partial charge is 0.161 e. The van der Waals surface area contributed by atoms with Crippen LogP contribution in [0.2, 0.25) is 0 Å². The van der Waals surface area contributed by atoms with E-state index >= 15 is 0 Å². The molecule has 0 aromatic rings. The second-order valence-corrected chi connectivity index (χ2v) is 4.39. The summed E-state index contributed by atoms with van der Waals surface area (Å²) in [6.07, 6.45) is 1.01. The van der Waals surface area contributed by atoms with Gasteiger partial charge in [0.25, 0.3) is 0 Å². The Hall–Kier alpha value is -0.0800. The molecule has 0 saturated carbocycles. The second kappa shape index (κ2) is 4.83. The minimum Gasteiger partial charge on any atom is -0.355 e. The van der Waals surface area contributed by atoms with Gasteiger partial charge in [0.2, 0.25) is 0 Å². The van der Waals surface area contributed by atoms with Gasteiger partial charge in [-0.15, -0.1) is 0 Å². The molecule has 0 aromatic heterocycles. The molecule has 2 heteroatoms. The normalized spacial score (nSPS) is 13.0. The Morgan fingerprint density at radius 1 is 1.08 bits per heavy atom. The van der Waals surface area contributed by atoms with Crippen molar-refractivity contribution in [1.82, 2.24) is 0 Å². The lowest BCUT2D eigenvalue weighted by molar-refractivity contribution is -0.172. The molecule has 2 nitrogen and oxygen atoms in total. The average Bonchev–Trinajstić information content (AvgIpc) is 1.85. The average molecular weight is 174 g/mol. The number of hydrogen-bond donors (Lipinski definition) is 0. The van der Waals surface area contributed by atoms with Gasteiger partial charge in [-0.05, 0) is 12.3 Å². The van der Waals surface area contributed by atoms with Crippen LogP contribution in [0.15, 0.2) is 0 Å². The van der Waals surface area contributed by atoms with Crippen LogP contribution in [-0.2, 0) is 9.47 Å². The van der Waals surface area contributed by atoms with Gasteiger partial charge in [-0.3, -0.25) is 0 Å². The molecule has 0 spiro atoms. The van der Waals surface area contributed by atoms with Crippen molar-refractivity contribution in [2.45, 2.75) is 40.4 Å². The summed E-state index contributed by atoms with van der Waals surface area (Å²) >= 11 is 0. The van der Waals surface area contributed by atoms with Gasteiger partial charge in [-0.1, -0.05) is 27.7 Å². The fraction of sp³-hybridized carbons (Fsp3) is 1.00. The zero-order valence-electron chi connectivity index (χ0n) is 9.18. The molecule has 0 N–H and O–H groups in total. The van der Waals surface area contributed by atoms with Crippen LogP contribution in [0.4, 0.5) is 0 Å². The van der Waals surface area contributed by atoms with Crippen LogP contribution in [-0.4, -0.2) is 20.5 Å². The predicted octanol–water partition coefficient (Wildman–Crippen LogP) is 2.68. The maximum Gasteiger partial charge on any atom is 0.161 e. The SMILES string of the molecule is COC(OC)C(C)(C)CC(C)C. The van der Waals surface area contributed by atoms with Gasteiger partial charge in [-0.2, -0.15) is 0 Å². The third kappa shape index (κ3) is 3.55. The topological polar surface area (TPSA) is 18.5 Å². The van der Waals surface area contributed by atoms with Crippen LogP contribution in [0, 0.1) is 11.3 Å². The van der Waals surface area contributed by atoms with Crippen molar-refractivity contribution >= 4 is 0 Å². The van der Waals surface area contributed by atoms with E-state index in [1.54, 1.807) is 14.2 Å². The standard InChI is InChI=1S/C10H22O2/c1-8(2)7-10(3,4)9(11-5)12-6/h8-9H,7H2,1-6H3. The zero-order chi connectivity index (χ0) is 9.78. The van der Waals surface area contributed by atoms with Gasteiger partial charge in [0.05, 0.1) is 0 Å². The first-order chi connectivity index (χ1) is 5.44. The van der Waals surface area contributed by atoms with Gasteiger partial charge in [-0.25, -0.2) is 0 Å². The fourth-order valence-electron chi connectivity index (χ4n) is 1.88. The summed E-state index contributed by atoms with van der Waals surface area (Å²) in [5, 5.41) is 0. The molecule has 0 unspecified atom stereocenters. The molecule has 0 heterocycles. The summed E-state index contributed by atoms with van der Waals surface area (Å²) in [6.45, 7) is 8.77. The fourth-order valence-corrected chi connectivity index (χ4v) is 1.88. The van der Waals surface area contributed by atoms with Gasteiger partial charge in [0.15, 0.2) is 6.29 Å². The number of ether oxygens (including phenoxy) is 2. The van der Waals surface area contributed by atoms with E-state index in [1.807, 2.05) is 0 Å². The molecule has 0 rings (SSSR count). The third-order valence-corrected chi connectivity index (χ3v) is 2.00. The molecule has 0 aromatic carbocycles. The van der Waals surface area contributed by atoms with Crippen LogP contribution in [0.5, 0.6) is 0 Å². The van der Waals surface area contributed by atoms with Gasteiger partial charge in [0.1, 0.15) is 0 Å². The van der Waals surface area contributed by atoms with Crippen molar-refractivity contribution in [3.63, 3.8) is 0 Å². The summed E-state index contributed by atoms with van der Waals surface area (Å²) in [5.41, 5.74) is 0.0949. The van der Waals surface area contributed by atoms with E-state index in [9.17, 15) is 0 Å². The molecule has 0 fully saturated rings. The van der Waals surface area contributed by atoms with E-state index in [1.165, 1.54) is 0 Å². The van der Waals surface area contributed by atoms with Crippen molar-refractivity contribution in [2.75, 3.05) is 14.2 Å². The summed E-state index contributed by atoms with van der Waals surface area (Å²) in [5.74, 6) is 0.674. The Balaban J connectivity index is 4.14. The minimum absolute atomic E-state index is 0.0949. The first kappa shape index (κ1) is 11.9. The molecule has 0 aliphatic rings. The highest BCUT2D eigenvalue weighted by Crippen LogP contribution is 2.31. The van der Waals surface area contributed by atoms with Crippen molar-refractivity contribution in [2.24, 2.45) is 11.3 Å². The Morgan fingerprint density at radius 3 is 1.75 bits per heavy atom. The van der Waals surface area contributed by atoms with E-state index in [4.69, 9.17) is 9.47 Å². The van der Waals surface area contributed by atoms with Crippen molar-refractivity contribution < 1.29 is 9.47 Å². The second-order valence-electron chi connectivity index (χ2n) is 4.39. The highest BCUT2D eigenvalue weighted by Gasteiger charge is 2.30. The quantitative estimate of drug-likeness (QED) is 0.597. The van der Waals surface area contributed by atoms with E-state index < -0.39 is 0 Å². The monoisotopic (exact) mass is 174 g/mol. The van der Waals surface area contributed by atoms with E-state index in [2.05, 4.69) is 27.7 Å². The maximum absolute atomic E-state index is 5.24. The van der Waals surface area contributed by atoms with Crippen molar-refractivity contribution in [3.05, 3.63) is 0 Å². The Morgan fingerprint density at radius 2 is 1.50 bits per heavy atom. The highest BCUT2D eigenvalue weighted by atomic mass is 16.7. The van der Waals surface area contributed by atoms with Crippen LogP contribution >= 0.6 is 0 Å². The van der Waals surface area contributed by atoms with Crippen LogP contribution in [0.1, 0.15) is 34.1 Å². The molecule has 74 valence electrons. The van der Waals surface area contributed by atoms with E-state index in [0.717, 1.165) is 6.42 Å². The number of methoxy groups -OCH3 is 2. The number of hydrogen-bond acceptors (Lipinski definition) is 2. The molecular formula is C10H22O2. The molecule has 0 saturated heterocycles. The molecule has 12 heavy (non-hydrogen) atoms. The predicted molar refractivity (Wildman–Crippen MR) is 51.0 cm³/mol. The van der Waals surface area contributed by atoms with Gasteiger partial charge in [0, 0.05) is 19.6 Å². The van der Waals surface area contributed by atoms with Gasteiger partial charge < -0.3 is 9.47 Å². The molecule has 0 atom stereocenters. The van der Waals surface area contributed by atoms with Crippen molar-refractivity contribution in [1.29, 1.82) is 0 Å². The minimum atomic E-state index is -0.0973. The largest absolute Gasteiger partial charge is 0.355 e.